The van der Waals surface area contributed by atoms with Gasteiger partial charge in [0.2, 0.25) is 5.91 Å². The van der Waals surface area contributed by atoms with Crippen LogP contribution in [0.25, 0.3) is 0 Å². The molecule has 0 radical (unpaired) electrons. The van der Waals surface area contributed by atoms with Gasteiger partial charge in [0.25, 0.3) is 0 Å². The van der Waals surface area contributed by atoms with Crippen LogP contribution in [0.2, 0.25) is 0 Å². The van der Waals surface area contributed by atoms with Crippen molar-refractivity contribution in [3.8, 4) is 0 Å². The zero-order chi connectivity index (χ0) is 22.0. The van der Waals surface area contributed by atoms with E-state index in [-0.39, 0.29) is 34.7 Å². The summed E-state index contributed by atoms with van der Waals surface area (Å²) in [6.07, 6.45) is 8.20. The molecule has 1 aliphatic heterocycles. The number of anilines is 1. The molecule has 3 saturated carbocycles. The standard InChI is InChI=1S/C27H37NO3/c1-16-6-5-7-22(17(16)2)28-25(30)21-10-9-19-18-8-11-23-27(4,15-13-24(29)31-23)20(18)12-14-26(19,21)3/h5-7,18-21,23H,8-15H2,1-4H3,(H,28,30)/t18?,19?,20?,21-,23-,26+,27-/m1/s1. The maximum Gasteiger partial charge on any atom is 0.306 e. The molecule has 3 unspecified atom stereocenters. The zero-order valence-electron chi connectivity index (χ0n) is 19.5. The summed E-state index contributed by atoms with van der Waals surface area (Å²) in [5, 5.41) is 3.28. The molecule has 31 heavy (non-hydrogen) atoms. The molecule has 4 nitrogen and oxygen atoms in total. The highest BCUT2D eigenvalue weighted by atomic mass is 16.5. The first kappa shape index (κ1) is 21.0. The van der Waals surface area contributed by atoms with Crippen LogP contribution in [0.15, 0.2) is 18.2 Å². The summed E-state index contributed by atoms with van der Waals surface area (Å²) >= 11 is 0. The number of ether oxygens (including phenoxy) is 1. The van der Waals surface area contributed by atoms with E-state index in [0.717, 1.165) is 56.2 Å². The smallest absolute Gasteiger partial charge is 0.306 e. The van der Waals surface area contributed by atoms with Gasteiger partial charge in [0.1, 0.15) is 6.10 Å². The first-order valence-corrected chi connectivity index (χ1v) is 12.3. The number of hydrogen-bond donors (Lipinski definition) is 1. The molecule has 1 aromatic rings. The Bertz CT molecular complexity index is 910. The lowest BCUT2D eigenvalue weighted by Gasteiger charge is -2.59. The number of carbonyl (C=O) groups is 2. The fourth-order valence-corrected chi connectivity index (χ4v) is 8.09. The Morgan fingerprint density at radius 2 is 1.77 bits per heavy atom. The molecule has 0 spiro atoms. The number of amides is 1. The van der Waals surface area contributed by atoms with E-state index in [1.807, 2.05) is 12.1 Å². The molecule has 0 aromatic heterocycles. The van der Waals surface area contributed by atoms with Gasteiger partial charge in [0.15, 0.2) is 0 Å². The monoisotopic (exact) mass is 423 g/mol. The van der Waals surface area contributed by atoms with Crippen molar-refractivity contribution in [1.82, 2.24) is 0 Å². The lowest BCUT2D eigenvalue weighted by molar-refractivity contribution is -0.192. The van der Waals surface area contributed by atoms with E-state index in [0.29, 0.717) is 24.2 Å². The molecule has 1 aromatic carbocycles. The Morgan fingerprint density at radius 3 is 2.58 bits per heavy atom. The molecular formula is C27H37NO3. The van der Waals surface area contributed by atoms with Gasteiger partial charge in [-0.05, 0) is 99.2 Å². The van der Waals surface area contributed by atoms with Gasteiger partial charge in [0, 0.05) is 23.4 Å². The van der Waals surface area contributed by atoms with Crippen molar-refractivity contribution in [2.75, 3.05) is 5.32 Å². The number of hydrogen-bond acceptors (Lipinski definition) is 3. The molecule has 4 fully saturated rings. The summed E-state index contributed by atoms with van der Waals surface area (Å²) in [5.41, 5.74) is 3.54. The van der Waals surface area contributed by atoms with Crippen LogP contribution >= 0.6 is 0 Å². The maximum absolute atomic E-state index is 13.5. The number of benzene rings is 1. The van der Waals surface area contributed by atoms with Crippen molar-refractivity contribution in [2.45, 2.75) is 85.2 Å². The second-order valence-electron chi connectivity index (χ2n) is 11.3. The average Bonchev–Trinajstić information content (AvgIpc) is 3.09. The van der Waals surface area contributed by atoms with Crippen molar-refractivity contribution in [3.05, 3.63) is 29.3 Å². The fraction of sp³-hybridized carbons (Fsp3) is 0.704. The predicted molar refractivity (Wildman–Crippen MR) is 122 cm³/mol. The minimum Gasteiger partial charge on any atom is -0.462 e. The van der Waals surface area contributed by atoms with Gasteiger partial charge >= 0.3 is 5.97 Å². The normalized spacial score (nSPS) is 41.5. The lowest BCUT2D eigenvalue weighted by Crippen LogP contribution is -2.56. The van der Waals surface area contributed by atoms with Crippen LogP contribution in [-0.2, 0) is 14.3 Å². The van der Waals surface area contributed by atoms with Gasteiger partial charge in [-0.25, -0.2) is 0 Å². The van der Waals surface area contributed by atoms with E-state index in [4.69, 9.17) is 4.74 Å². The number of esters is 1. The van der Waals surface area contributed by atoms with Crippen molar-refractivity contribution < 1.29 is 14.3 Å². The SMILES string of the molecule is Cc1cccc(NC(=O)[C@H]2CCC3C4CC[C@H]5OC(=O)CC[C@]5(C)C4CC[C@@]32C)c1C. The molecule has 1 N–H and O–H groups in total. The van der Waals surface area contributed by atoms with Crippen molar-refractivity contribution in [2.24, 2.45) is 34.5 Å². The van der Waals surface area contributed by atoms with Gasteiger partial charge in [0.05, 0.1) is 0 Å². The quantitative estimate of drug-likeness (QED) is 0.611. The third-order valence-corrected chi connectivity index (χ3v) is 10.1. The molecule has 5 rings (SSSR count). The van der Waals surface area contributed by atoms with E-state index in [2.05, 4.69) is 39.1 Å². The van der Waals surface area contributed by atoms with Crippen LogP contribution in [0.4, 0.5) is 5.69 Å². The molecule has 1 heterocycles. The summed E-state index contributed by atoms with van der Waals surface area (Å²) < 4.78 is 5.82. The molecule has 4 heteroatoms. The van der Waals surface area contributed by atoms with Crippen LogP contribution in [-0.4, -0.2) is 18.0 Å². The minimum atomic E-state index is -0.00869. The second-order valence-corrected chi connectivity index (χ2v) is 11.3. The summed E-state index contributed by atoms with van der Waals surface area (Å²) in [6, 6.07) is 6.15. The highest BCUT2D eigenvalue weighted by Crippen LogP contribution is 2.66. The minimum absolute atomic E-state index is 0.00869. The van der Waals surface area contributed by atoms with E-state index in [1.54, 1.807) is 0 Å². The Balaban J connectivity index is 1.36. The van der Waals surface area contributed by atoms with E-state index < -0.39 is 0 Å². The van der Waals surface area contributed by atoms with Gasteiger partial charge < -0.3 is 10.1 Å². The molecule has 1 amide bonds. The first-order chi connectivity index (χ1) is 14.7. The van der Waals surface area contributed by atoms with Crippen LogP contribution < -0.4 is 5.32 Å². The molecule has 4 aliphatic rings. The molecule has 168 valence electrons. The summed E-state index contributed by atoms with van der Waals surface area (Å²) in [4.78, 5) is 25.4. The number of aryl methyl sites for hydroxylation is 1. The third-order valence-electron chi connectivity index (χ3n) is 10.1. The number of rotatable bonds is 2. The number of nitrogens with one attached hydrogen (secondary N) is 1. The Morgan fingerprint density at radius 1 is 1.00 bits per heavy atom. The maximum atomic E-state index is 13.5. The Kier molecular flexibility index (Phi) is 4.99. The fourth-order valence-electron chi connectivity index (χ4n) is 8.09. The van der Waals surface area contributed by atoms with Crippen molar-refractivity contribution in [1.29, 1.82) is 0 Å². The van der Waals surface area contributed by atoms with E-state index >= 15 is 0 Å². The van der Waals surface area contributed by atoms with Crippen molar-refractivity contribution >= 4 is 17.6 Å². The van der Waals surface area contributed by atoms with Crippen molar-refractivity contribution in [3.63, 3.8) is 0 Å². The third kappa shape index (κ3) is 3.15. The molecule has 1 saturated heterocycles. The van der Waals surface area contributed by atoms with Gasteiger partial charge in [-0.2, -0.15) is 0 Å². The summed E-state index contributed by atoms with van der Waals surface area (Å²) in [5.74, 6) is 2.19. The molecule has 3 aliphatic carbocycles. The Hall–Kier alpha value is -1.84. The van der Waals surface area contributed by atoms with Gasteiger partial charge in [-0.3, -0.25) is 9.59 Å². The van der Waals surface area contributed by atoms with Gasteiger partial charge in [-0.15, -0.1) is 0 Å². The zero-order valence-corrected chi connectivity index (χ0v) is 19.5. The molecular weight excluding hydrogens is 386 g/mol. The van der Waals surface area contributed by atoms with Crippen LogP contribution in [0, 0.1) is 48.3 Å². The number of carbonyl (C=O) groups excluding carboxylic acids is 2. The Labute approximate surface area is 186 Å². The molecule has 0 bridgehead atoms. The highest BCUT2D eigenvalue weighted by molar-refractivity contribution is 5.94. The van der Waals surface area contributed by atoms with Gasteiger partial charge in [-0.1, -0.05) is 26.0 Å². The van der Waals surface area contributed by atoms with Crippen LogP contribution in [0.1, 0.15) is 76.3 Å². The highest BCUT2D eigenvalue weighted by Gasteiger charge is 2.62. The average molecular weight is 424 g/mol. The largest absolute Gasteiger partial charge is 0.462 e. The topological polar surface area (TPSA) is 55.4 Å². The van der Waals surface area contributed by atoms with E-state index in [9.17, 15) is 9.59 Å². The number of fused-ring (bicyclic) bond motifs is 5. The molecule has 7 atom stereocenters. The first-order valence-electron chi connectivity index (χ1n) is 12.3. The van der Waals surface area contributed by atoms with Crippen LogP contribution in [0.3, 0.4) is 0 Å². The second kappa shape index (κ2) is 7.35. The lowest BCUT2D eigenvalue weighted by atomic mass is 9.47. The summed E-state index contributed by atoms with van der Waals surface area (Å²) in [6.45, 7) is 8.96. The van der Waals surface area contributed by atoms with Crippen LogP contribution in [0.5, 0.6) is 0 Å². The predicted octanol–water partition coefficient (Wildman–Crippen LogP) is 5.81. The van der Waals surface area contributed by atoms with E-state index in [1.165, 1.54) is 5.56 Å². The summed E-state index contributed by atoms with van der Waals surface area (Å²) in [7, 11) is 0.